The molecule has 4 aliphatic rings. The van der Waals surface area contributed by atoms with E-state index in [9.17, 15) is 24.0 Å². The molecule has 3 aromatic carbocycles. The van der Waals surface area contributed by atoms with Gasteiger partial charge in [-0.1, -0.05) is 94.2 Å². The first-order valence-electron chi connectivity index (χ1n) is 15.0. The number of furan rings is 1. The maximum atomic E-state index is 14.4. The van der Waals surface area contributed by atoms with E-state index in [0.29, 0.717) is 0 Å². The van der Waals surface area contributed by atoms with Gasteiger partial charge in [0.05, 0.1) is 26.7 Å². The van der Waals surface area contributed by atoms with Gasteiger partial charge in [0.1, 0.15) is 11.8 Å². The molecule has 1 aliphatic heterocycles. The third-order valence-corrected chi connectivity index (χ3v) is 11.9. The number of carbonyl (C=O) groups is 5. The molecule has 11 heteroatoms. The van der Waals surface area contributed by atoms with Crippen LogP contribution in [0.3, 0.4) is 0 Å². The van der Waals surface area contributed by atoms with Crippen molar-refractivity contribution in [2.75, 3.05) is 6.61 Å². The molecule has 2 bridgehead atoms. The zero-order valence-electron chi connectivity index (χ0n) is 25.1. The number of halogens is 2. The number of ketones is 1. The number of benzene rings is 3. The molecule has 3 atom stereocenters. The van der Waals surface area contributed by atoms with Crippen LogP contribution in [-0.4, -0.2) is 47.1 Å². The number of hydrogen-bond donors (Lipinski definition) is 0. The average Bonchev–Trinajstić information content (AvgIpc) is 3.70. The SMILES string of the molecule is CC(C)[C@@H](C(=O)OCC(=O)c1ccc(OC(=O)c2ccco2)cc1)N1C(=O)C2C(C1=O)C1(Br)c3ccccc3C2(Br)c2ccccc21. The minimum Gasteiger partial charge on any atom is -0.457 e. The number of rotatable bonds is 8. The van der Waals surface area contributed by atoms with Crippen LogP contribution >= 0.6 is 31.9 Å². The Bertz CT molecular complexity index is 1830. The van der Waals surface area contributed by atoms with Gasteiger partial charge in [0, 0.05) is 5.56 Å². The van der Waals surface area contributed by atoms with E-state index in [-0.39, 0.29) is 17.1 Å². The second-order valence-electron chi connectivity index (χ2n) is 12.1. The topological polar surface area (TPSA) is 120 Å². The Kier molecular flexibility index (Phi) is 7.59. The summed E-state index contributed by atoms with van der Waals surface area (Å²) >= 11 is 7.94. The summed E-state index contributed by atoms with van der Waals surface area (Å²) in [4.78, 5) is 68.7. The van der Waals surface area contributed by atoms with E-state index in [1.54, 1.807) is 19.9 Å². The van der Waals surface area contributed by atoms with Crippen molar-refractivity contribution in [3.63, 3.8) is 0 Å². The number of carbonyl (C=O) groups excluding carboxylic acids is 5. The smallest absolute Gasteiger partial charge is 0.379 e. The van der Waals surface area contributed by atoms with Crippen molar-refractivity contribution >= 4 is 61.4 Å². The van der Waals surface area contributed by atoms with Gasteiger partial charge in [0.2, 0.25) is 17.6 Å². The van der Waals surface area contributed by atoms with Crippen LogP contribution in [0.5, 0.6) is 5.75 Å². The normalized spacial score (nSPS) is 24.4. The first-order valence-corrected chi connectivity index (χ1v) is 16.6. The fraction of sp³-hybridized carbons (Fsp3) is 0.250. The molecule has 1 fully saturated rings. The highest BCUT2D eigenvalue weighted by atomic mass is 79.9. The molecule has 238 valence electrons. The molecule has 0 spiro atoms. The summed E-state index contributed by atoms with van der Waals surface area (Å²) in [5.41, 5.74) is 3.75. The predicted molar refractivity (Wildman–Crippen MR) is 175 cm³/mol. The molecular weight excluding hydrogens is 734 g/mol. The summed E-state index contributed by atoms with van der Waals surface area (Å²) < 4.78 is 13.7. The Morgan fingerprint density at radius 3 is 1.74 bits per heavy atom. The van der Waals surface area contributed by atoms with Crippen molar-refractivity contribution in [2.24, 2.45) is 17.8 Å². The van der Waals surface area contributed by atoms with Crippen LogP contribution in [0.15, 0.2) is 95.6 Å². The van der Waals surface area contributed by atoms with Gasteiger partial charge in [-0.2, -0.15) is 0 Å². The summed E-state index contributed by atoms with van der Waals surface area (Å²) in [5.74, 6) is -4.97. The van der Waals surface area contributed by atoms with Crippen LogP contribution in [0.4, 0.5) is 0 Å². The minimum absolute atomic E-state index is 0.0327. The van der Waals surface area contributed by atoms with Gasteiger partial charge in [-0.05, 0) is 64.6 Å². The summed E-state index contributed by atoms with van der Waals surface area (Å²) in [7, 11) is 0. The number of esters is 2. The van der Waals surface area contributed by atoms with Crippen LogP contribution in [0.25, 0.3) is 0 Å². The average molecular weight is 761 g/mol. The molecule has 1 saturated heterocycles. The van der Waals surface area contributed by atoms with Gasteiger partial charge in [-0.25, -0.2) is 9.59 Å². The standard InChI is InChI=1S/C36H27Br2NO8/c1-19(2)30(34(44)46-18-26(40)20-13-15-21(16-14-20)47-33(43)27-12-7-17-45-27)39-31(41)28-29(32(39)42)36(38)23-9-4-3-8-22(23)35(28,37)24-10-5-6-11-25(24)36/h3-17,19,28-30H,18H2,1-2H3/t28?,29?,30-,35?,36?/m0/s1. The van der Waals surface area contributed by atoms with Gasteiger partial charge < -0.3 is 13.9 Å². The number of Topliss-reactive ketones (excluding diaryl/α,β-unsaturated/α-hetero) is 1. The van der Waals surface area contributed by atoms with E-state index in [2.05, 4.69) is 31.9 Å². The van der Waals surface area contributed by atoms with Gasteiger partial charge >= 0.3 is 11.9 Å². The minimum atomic E-state index is -1.25. The lowest BCUT2D eigenvalue weighted by atomic mass is 9.54. The number of amides is 2. The monoisotopic (exact) mass is 759 g/mol. The Labute approximate surface area is 286 Å². The number of hydrogen-bond acceptors (Lipinski definition) is 8. The number of alkyl halides is 2. The summed E-state index contributed by atoms with van der Waals surface area (Å²) in [5, 5.41) is 0. The van der Waals surface area contributed by atoms with Crippen molar-refractivity contribution in [3.05, 3.63) is 125 Å². The molecule has 1 aromatic heterocycles. The molecule has 0 N–H and O–H groups in total. The molecule has 2 unspecified atom stereocenters. The number of ether oxygens (including phenoxy) is 2. The molecule has 9 nitrogen and oxygen atoms in total. The lowest BCUT2D eigenvalue weighted by Crippen LogP contribution is -2.56. The highest BCUT2D eigenvalue weighted by Gasteiger charge is 2.73. The fourth-order valence-corrected chi connectivity index (χ4v) is 9.51. The Morgan fingerprint density at radius 1 is 0.787 bits per heavy atom. The van der Waals surface area contributed by atoms with Crippen LogP contribution in [0, 0.1) is 17.8 Å². The number of nitrogens with zero attached hydrogens (tertiary/aromatic N) is 1. The van der Waals surface area contributed by atoms with Crippen molar-refractivity contribution in [2.45, 2.75) is 28.5 Å². The van der Waals surface area contributed by atoms with Crippen molar-refractivity contribution in [1.29, 1.82) is 0 Å². The van der Waals surface area contributed by atoms with Crippen LogP contribution in [0.2, 0.25) is 0 Å². The Hall–Kier alpha value is -4.35. The highest BCUT2D eigenvalue weighted by molar-refractivity contribution is 9.10. The summed E-state index contributed by atoms with van der Waals surface area (Å²) in [6, 6.07) is 23.0. The second kappa shape index (κ2) is 11.4. The molecular formula is C36H27Br2NO8. The predicted octanol–water partition coefficient (Wildman–Crippen LogP) is 6.15. The Morgan fingerprint density at radius 2 is 1.30 bits per heavy atom. The third-order valence-electron chi connectivity index (χ3n) is 9.23. The summed E-state index contributed by atoms with van der Waals surface area (Å²) in [6.07, 6.45) is 1.35. The van der Waals surface area contributed by atoms with Crippen LogP contribution in [0.1, 0.15) is 57.0 Å². The quantitative estimate of drug-likeness (QED) is 0.0690. The molecule has 0 saturated carbocycles. The molecule has 47 heavy (non-hydrogen) atoms. The number of imide groups is 1. The van der Waals surface area contributed by atoms with Crippen molar-refractivity contribution in [3.8, 4) is 5.75 Å². The third kappa shape index (κ3) is 4.57. The first kappa shape index (κ1) is 31.3. The van der Waals surface area contributed by atoms with E-state index in [1.165, 1.54) is 36.6 Å². The molecule has 3 aliphatic carbocycles. The molecule has 2 heterocycles. The van der Waals surface area contributed by atoms with E-state index < -0.39 is 68.6 Å². The van der Waals surface area contributed by atoms with E-state index in [0.717, 1.165) is 27.2 Å². The van der Waals surface area contributed by atoms with Crippen LogP contribution in [-0.2, 0) is 27.8 Å². The lowest BCUT2D eigenvalue weighted by Gasteiger charge is -2.55. The second-order valence-corrected chi connectivity index (χ2v) is 14.6. The molecule has 0 radical (unpaired) electrons. The zero-order chi connectivity index (χ0) is 33.2. The molecule has 8 rings (SSSR count). The van der Waals surface area contributed by atoms with Crippen LogP contribution < -0.4 is 4.74 Å². The maximum absolute atomic E-state index is 14.4. The lowest BCUT2D eigenvalue weighted by molar-refractivity contribution is -0.160. The van der Waals surface area contributed by atoms with E-state index in [4.69, 9.17) is 13.9 Å². The van der Waals surface area contributed by atoms with Gasteiger partial charge in [0.15, 0.2) is 12.4 Å². The summed E-state index contributed by atoms with van der Waals surface area (Å²) in [6.45, 7) is 2.84. The fourth-order valence-electron chi connectivity index (χ4n) is 7.20. The van der Waals surface area contributed by atoms with Gasteiger partial charge in [0.25, 0.3) is 0 Å². The van der Waals surface area contributed by atoms with E-state index >= 15 is 0 Å². The zero-order valence-corrected chi connectivity index (χ0v) is 28.3. The first-order chi connectivity index (χ1) is 22.5. The van der Waals surface area contributed by atoms with Crippen molar-refractivity contribution in [1.82, 2.24) is 4.90 Å². The highest BCUT2D eigenvalue weighted by Crippen LogP contribution is 2.70. The van der Waals surface area contributed by atoms with Crippen molar-refractivity contribution < 1.29 is 37.9 Å². The van der Waals surface area contributed by atoms with E-state index in [1.807, 2.05) is 48.5 Å². The number of likely N-dealkylation sites (tertiary alicyclic amines) is 1. The van der Waals surface area contributed by atoms with Gasteiger partial charge in [-0.15, -0.1) is 0 Å². The Balaban J connectivity index is 1.12. The van der Waals surface area contributed by atoms with Gasteiger partial charge in [-0.3, -0.25) is 19.3 Å². The molecule has 2 amide bonds. The molecule has 4 aromatic rings. The maximum Gasteiger partial charge on any atom is 0.379 e. The largest absolute Gasteiger partial charge is 0.457 e.